The van der Waals surface area contributed by atoms with Gasteiger partial charge in [0.1, 0.15) is 11.5 Å². The van der Waals surface area contributed by atoms with Crippen LogP contribution in [-0.2, 0) is 15.8 Å². The number of allylic oxidation sites excluding steroid dienone is 2. The average Bonchev–Trinajstić information content (AvgIpc) is 2.43. The standard InChI is InChI=1S/C16H20NO8P/c18-11-5-1-3-10(7-11)4-2-6-16(21,22)15-13(17-26(23,24)25)8-12(19)9-14(15)20/h1,3,5,7,9,18,20-22H,2,4,6,8H2,(H3,17,23,24,25). The lowest BCUT2D eigenvalue weighted by molar-refractivity contribution is -0.135. The first-order valence-electron chi connectivity index (χ1n) is 7.72. The van der Waals surface area contributed by atoms with E-state index in [1.165, 1.54) is 12.1 Å². The highest BCUT2D eigenvalue weighted by Gasteiger charge is 2.38. The molecule has 0 aromatic heterocycles. The highest BCUT2D eigenvalue weighted by molar-refractivity contribution is 7.49. The first-order chi connectivity index (χ1) is 12.0. The Morgan fingerprint density at radius 3 is 2.50 bits per heavy atom. The highest BCUT2D eigenvalue weighted by atomic mass is 31.2. The summed E-state index contributed by atoms with van der Waals surface area (Å²) in [7, 11) is -4.82. The molecule has 0 saturated carbocycles. The van der Waals surface area contributed by atoms with E-state index in [1.54, 1.807) is 17.2 Å². The fourth-order valence-corrected chi connectivity index (χ4v) is 3.33. The van der Waals surface area contributed by atoms with Crippen LogP contribution in [0.15, 0.2) is 47.4 Å². The van der Waals surface area contributed by atoms with Crippen molar-refractivity contribution in [2.45, 2.75) is 31.5 Å². The summed E-state index contributed by atoms with van der Waals surface area (Å²) in [6, 6.07) is 6.40. The average molecular weight is 385 g/mol. The van der Waals surface area contributed by atoms with Crippen LogP contribution in [0.2, 0.25) is 0 Å². The minimum atomic E-state index is -4.82. The molecular weight excluding hydrogens is 365 g/mol. The quantitative estimate of drug-likeness (QED) is 0.264. The van der Waals surface area contributed by atoms with Gasteiger partial charge in [0, 0.05) is 18.2 Å². The zero-order valence-electron chi connectivity index (χ0n) is 13.7. The Labute approximate surface area is 149 Å². The Bertz CT molecular complexity index is 808. The number of carbonyl (C=O) groups is 1. The van der Waals surface area contributed by atoms with E-state index in [2.05, 4.69) is 0 Å². The second-order valence-corrected chi connectivity index (χ2v) is 7.33. The molecule has 0 fully saturated rings. The lowest BCUT2D eigenvalue weighted by Gasteiger charge is -2.29. The number of aliphatic hydroxyl groups excluding tert-OH is 1. The van der Waals surface area contributed by atoms with Crippen molar-refractivity contribution >= 4 is 13.5 Å². The van der Waals surface area contributed by atoms with E-state index in [1.807, 2.05) is 0 Å². The van der Waals surface area contributed by atoms with Crippen molar-refractivity contribution in [3.05, 3.63) is 52.9 Å². The largest absolute Gasteiger partial charge is 0.508 e. The number of hydrogen-bond donors (Lipinski definition) is 7. The summed E-state index contributed by atoms with van der Waals surface area (Å²) in [6.07, 6.45) is 0.590. The number of aromatic hydroxyl groups is 1. The van der Waals surface area contributed by atoms with Crippen LogP contribution in [-0.4, -0.2) is 41.8 Å². The molecule has 7 N–H and O–H groups in total. The Balaban J connectivity index is 2.19. The van der Waals surface area contributed by atoms with E-state index < -0.39 is 42.8 Å². The zero-order valence-corrected chi connectivity index (χ0v) is 14.6. The minimum absolute atomic E-state index is 0.0731. The molecule has 10 heteroatoms. The summed E-state index contributed by atoms with van der Waals surface area (Å²) in [5.74, 6) is -3.95. The van der Waals surface area contributed by atoms with Gasteiger partial charge in [0.25, 0.3) is 0 Å². The van der Waals surface area contributed by atoms with E-state index in [4.69, 9.17) is 9.79 Å². The molecule has 0 heterocycles. The summed E-state index contributed by atoms with van der Waals surface area (Å²) in [5, 5.41) is 41.8. The number of ketones is 1. The number of hydrogen-bond acceptors (Lipinski definition) is 6. The Kier molecular flexibility index (Phi) is 5.90. The topological polar surface area (TPSA) is 168 Å². The zero-order chi connectivity index (χ0) is 19.5. The fraction of sp³-hybridized carbons (Fsp3) is 0.312. The lowest BCUT2D eigenvalue weighted by Crippen LogP contribution is -2.37. The Morgan fingerprint density at radius 1 is 1.19 bits per heavy atom. The summed E-state index contributed by atoms with van der Waals surface area (Å²) in [6.45, 7) is 0. The molecule has 26 heavy (non-hydrogen) atoms. The van der Waals surface area contributed by atoms with Gasteiger partial charge in [-0.1, -0.05) is 12.1 Å². The van der Waals surface area contributed by atoms with Gasteiger partial charge in [-0.2, -0.15) is 0 Å². The van der Waals surface area contributed by atoms with Crippen LogP contribution >= 0.6 is 7.75 Å². The maximum atomic E-state index is 11.5. The molecule has 1 aliphatic carbocycles. The van der Waals surface area contributed by atoms with Crippen molar-refractivity contribution in [1.29, 1.82) is 0 Å². The SMILES string of the molecule is O=C1C=C(O)C(C(O)(O)CCCc2cccc(O)c2)=C(NP(=O)(O)O)C1. The number of phenolic OH excluding ortho intramolecular Hbond substituents is 1. The predicted octanol–water partition coefficient (Wildman–Crippen LogP) is 0.747. The molecule has 2 rings (SSSR count). The molecule has 0 radical (unpaired) electrons. The molecule has 142 valence electrons. The minimum Gasteiger partial charge on any atom is -0.508 e. The smallest absolute Gasteiger partial charge is 0.427 e. The second-order valence-electron chi connectivity index (χ2n) is 6.02. The molecule has 0 unspecified atom stereocenters. The molecule has 0 atom stereocenters. The molecule has 0 saturated heterocycles. The van der Waals surface area contributed by atoms with Crippen LogP contribution in [0.3, 0.4) is 0 Å². The third-order valence-corrected chi connectivity index (χ3v) is 4.35. The van der Waals surface area contributed by atoms with Gasteiger partial charge in [-0.05, 0) is 30.5 Å². The predicted molar refractivity (Wildman–Crippen MR) is 90.8 cm³/mol. The van der Waals surface area contributed by atoms with Crippen LogP contribution in [0.5, 0.6) is 5.75 Å². The monoisotopic (exact) mass is 385 g/mol. The summed E-state index contributed by atoms with van der Waals surface area (Å²) >= 11 is 0. The van der Waals surface area contributed by atoms with Crippen molar-refractivity contribution in [2.24, 2.45) is 0 Å². The summed E-state index contributed by atoms with van der Waals surface area (Å²) in [4.78, 5) is 29.6. The van der Waals surface area contributed by atoms with Crippen molar-refractivity contribution in [3.8, 4) is 5.75 Å². The van der Waals surface area contributed by atoms with Crippen molar-refractivity contribution < 1.29 is 39.6 Å². The number of rotatable bonds is 7. The lowest BCUT2D eigenvalue weighted by atomic mass is 9.90. The third kappa shape index (κ3) is 5.42. The first kappa shape index (κ1) is 20.2. The Hall–Kier alpha value is -2.16. The highest BCUT2D eigenvalue weighted by Crippen LogP contribution is 2.38. The fourth-order valence-electron chi connectivity index (χ4n) is 2.79. The van der Waals surface area contributed by atoms with E-state index in [-0.39, 0.29) is 18.6 Å². The van der Waals surface area contributed by atoms with Crippen molar-refractivity contribution in [1.82, 2.24) is 5.09 Å². The number of aryl methyl sites for hydroxylation is 1. The molecule has 0 amide bonds. The molecule has 0 aliphatic heterocycles. The summed E-state index contributed by atoms with van der Waals surface area (Å²) < 4.78 is 11.2. The molecule has 9 nitrogen and oxygen atoms in total. The van der Waals surface area contributed by atoms with E-state index in [9.17, 15) is 29.8 Å². The number of aliphatic hydroxyl groups is 3. The molecule has 0 bridgehead atoms. The number of carbonyl (C=O) groups excluding carboxylic acids is 1. The number of nitrogens with one attached hydrogen (secondary N) is 1. The van der Waals surface area contributed by atoms with Crippen LogP contribution < -0.4 is 5.09 Å². The molecule has 0 spiro atoms. The Morgan fingerprint density at radius 2 is 1.88 bits per heavy atom. The van der Waals surface area contributed by atoms with Crippen molar-refractivity contribution in [2.75, 3.05) is 0 Å². The molecular formula is C16H20NO8P. The second kappa shape index (κ2) is 7.61. The molecule has 1 aromatic rings. The third-order valence-electron chi connectivity index (χ3n) is 3.79. The summed E-state index contributed by atoms with van der Waals surface area (Å²) in [5.41, 5.74) is -0.232. The first-order valence-corrected chi connectivity index (χ1v) is 9.33. The van der Waals surface area contributed by atoms with Crippen molar-refractivity contribution in [3.63, 3.8) is 0 Å². The van der Waals surface area contributed by atoms with Gasteiger partial charge in [-0.15, -0.1) is 0 Å². The normalized spacial score (nSPS) is 15.8. The van der Waals surface area contributed by atoms with E-state index >= 15 is 0 Å². The van der Waals surface area contributed by atoms with Crippen LogP contribution in [0.4, 0.5) is 0 Å². The van der Waals surface area contributed by atoms with E-state index in [0.717, 1.165) is 11.6 Å². The van der Waals surface area contributed by atoms with Crippen LogP contribution in [0, 0.1) is 0 Å². The van der Waals surface area contributed by atoms with E-state index in [0.29, 0.717) is 6.42 Å². The van der Waals surface area contributed by atoms with Gasteiger partial charge in [-0.3, -0.25) is 9.88 Å². The van der Waals surface area contributed by atoms with Crippen LogP contribution in [0.1, 0.15) is 24.8 Å². The van der Waals surface area contributed by atoms with Gasteiger partial charge >= 0.3 is 7.75 Å². The maximum Gasteiger partial charge on any atom is 0.427 e. The molecule has 1 aromatic carbocycles. The number of benzene rings is 1. The van der Waals surface area contributed by atoms with Crippen LogP contribution in [0.25, 0.3) is 0 Å². The van der Waals surface area contributed by atoms with Gasteiger partial charge in [0.2, 0.25) is 0 Å². The number of phenols is 1. The van der Waals surface area contributed by atoms with Gasteiger partial charge < -0.3 is 30.2 Å². The molecule has 1 aliphatic rings. The maximum absolute atomic E-state index is 11.5. The van der Waals surface area contributed by atoms with Gasteiger partial charge in [-0.25, -0.2) is 4.57 Å². The van der Waals surface area contributed by atoms with Gasteiger partial charge in [0.15, 0.2) is 11.6 Å². The van der Waals surface area contributed by atoms with Gasteiger partial charge in [0.05, 0.1) is 12.0 Å².